The summed E-state index contributed by atoms with van der Waals surface area (Å²) < 4.78 is 5.91. The highest BCUT2D eigenvalue weighted by Gasteiger charge is 2.14. The molecule has 1 atom stereocenters. The second kappa shape index (κ2) is 8.39. The second-order valence-electron chi connectivity index (χ2n) is 4.88. The number of benzene rings is 1. The average Bonchev–Trinajstić information content (AvgIpc) is 2.53. The van der Waals surface area contributed by atoms with Crippen LogP contribution in [0.15, 0.2) is 29.3 Å². The third-order valence-corrected chi connectivity index (χ3v) is 4.63. The van der Waals surface area contributed by atoms with Crippen molar-refractivity contribution in [1.82, 2.24) is 4.90 Å². The molecule has 0 aliphatic carbocycles. The molecule has 1 saturated heterocycles. The lowest BCUT2D eigenvalue weighted by molar-refractivity contribution is 0.205. The van der Waals surface area contributed by atoms with Crippen LogP contribution in [0.25, 0.3) is 0 Å². The first kappa shape index (κ1) is 16.3. The topological polar surface area (TPSA) is 50.8 Å². The van der Waals surface area contributed by atoms with Crippen molar-refractivity contribution >= 4 is 29.3 Å². The zero-order valence-electron chi connectivity index (χ0n) is 12.3. The van der Waals surface area contributed by atoms with Gasteiger partial charge in [-0.25, -0.2) is 4.99 Å². The van der Waals surface area contributed by atoms with Crippen LogP contribution in [0.3, 0.4) is 0 Å². The van der Waals surface area contributed by atoms with Crippen LogP contribution in [0.1, 0.15) is 13.3 Å². The van der Waals surface area contributed by atoms with Gasteiger partial charge < -0.3 is 15.4 Å². The number of rotatable bonds is 5. The van der Waals surface area contributed by atoms with Gasteiger partial charge in [-0.2, -0.15) is 11.8 Å². The fourth-order valence-electron chi connectivity index (χ4n) is 2.06. The molecule has 0 amide bonds. The quantitative estimate of drug-likeness (QED) is 0.667. The van der Waals surface area contributed by atoms with Crippen LogP contribution >= 0.6 is 23.4 Å². The third kappa shape index (κ3) is 5.00. The number of thioether (sulfide) groups is 1. The standard InChI is InChI=1S/C15H22ClN3OS/c1-2-12(20-14-6-4-3-5-13(14)16)11-18-15(17)19-7-9-21-10-8-19/h3-6,12H,2,7-11H2,1H3,(H2,17,18). The van der Waals surface area contributed by atoms with Crippen molar-refractivity contribution in [1.29, 1.82) is 0 Å². The number of aliphatic imine (C=N–C) groups is 1. The summed E-state index contributed by atoms with van der Waals surface area (Å²) >= 11 is 8.07. The smallest absolute Gasteiger partial charge is 0.191 e. The Morgan fingerprint density at radius 3 is 2.81 bits per heavy atom. The van der Waals surface area contributed by atoms with Crippen LogP contribution in [0.4, 0.5) is 0 Å². The Morgan fingerprint density at radius 1 is 1.43 bits per heavy atom. The highest BCUT2D eigenvalue weighted by atomic mass is 35.5. The summed E-state index contributed by atoms with van der Waals surface area (Å²) in [6, 6.07) is 7.50. The normalized spacial score (nSPS) is 17.6. The first-order valence-electron chi connectivity index (χ1n) is 7.24. The van der Waals surface area contributed by atoms with Crippen LogP contribution in [-0.2, 0) is 0 Å². The molecule has 1 aromatic rings. The van der Waals surface area contributed by atoms with E-state index in [1.807, 2.05) is 36.0 Å². The van der Waals surface area contributed by atoms with Gasteiger partial charge in [0.1, 0.15) is 11.9 Å². The van der Waals surface area contributed by atoms with Gasteiger partial charge in [0, 0.05) is 24.6 Å². The first-order chi connectivity index (χ1) is 10.2. The molecule has 0 saturated carbocycles. The monoisotopic (exact) mass is 327 g/mol. The molecule has 1 aromatic carbocycles. The first-order valence-corrected chi connectivity index (χ1v) is 8.77. The van der Waals surface area contributed by atoms with Gasteiger partial charge in [0.05, 0.1) is 11.6 Å². The number of para-hydroxylation sites is 1. The van der Waals surface area contributed by atoms with E-state index in [9.17, 15) is 0 Å². The van der Waals surface area contributed by atoms with Gasteiger partial charge in [-0.3, -0.25) is 0 Å². The molecule has 1 unspecified atom stereocenters. The molecule has 116 valence electrons. The zero-order chi connectivity index (χ0) is 15.1. The number of nitrogens with two attached hydrogens (primary N) is 1. The minimum atomic E-state index is -0.0115. The fraction of sp³-hybridized carbons (Fsp3) is 0.533. The van der Waals surface area contributed by atoms with E-state index in [1.165, 1.54) is 0 Å². The predicted molar refractivity (Wildman–Crippen MR) is 91.5 cm³/mol. The molecule has 1 aliphatic rings. The minimum Gasteiger partial charge on any atom is -0.487 e. The summed E-state index contributed by atoms with van der Waals surface area (Å²) in [4.78, 5) is 6.63. The molecule has 6 heteroatoms. The third-order valence-electron chi connectivity index (χ3n) is 3.38. The number of hydrogen-bond acceptors (Lipinski definition) is 3. The van der Waals surface area contributed by atoms with Crippen LogP contribution in [-0.4, -0.2) is 48.1 Å². The van der Waals surface area contributed by atoms with E-state index in [2.05, 4.69) is 16.8 Å². The molecular weight excluding hydrogens is 306 g/mol. The van der Waals surface area contributed by atoms with Crippen LogP contribution in [0.2, 0.25) is 5.02 Å². The Hall–Kier alpha value is -1.07. The summed E-state index contributed by atoms with van der Waals surface area (Å²) in [5.74, 6) is 3.55. The molecule has 0 bridgehead atoms. The van der Waals surface area contributed by atoms with E-state index in [4.69, 9.17) is 22.1 Å². The number of halogens is 1. The van der Waals surface area contributed by atoms with Gasteiger partial charge in [-0.05, 0) is 18.6 Å². The van der Waals surface area contributed by atoms with Gasteiger partial charge in [0.15, 0.2) is 5.96 Å². The Morgan fingerprint density at radius 2 is 2.14 bits per heavy atom. The Balaban J connectivity index is 1.91. The second-order valence-corrected chi connectivity index (χ2v) is 6.51. The lowest BCUT2D eigenvalue weighted by Gasteiger charge is -2.27. The Bertz CT molecular complexity index is 478. The van der Waals surface area contributed by atoms with Crippen LogP contribution in [0.5, 0.6) is 5.75 Å². The summed E-state index contributed by atoms with van der Waals surface area (Å²) in [5.41, 5.74) is 6.06. The van der Waals surface area contributed by atoms with Crippen LogP contribution < -0.4 is 10.5 Å². The fourth-order valence-corrected chi connectivity index (χ4v) is 3.14. The average molecular weight is 328 g/mol. The number of ether oxygens (including phenoxy) is 1. The van der Waals surface area contributed by atoms with Crippen molar-refractivity contribution in [2.75, 3.05) is 31.1 Å². The summed E-state index contributed by atoms with van der Waals surface area (Å²) in [6.07, 6.45) is 0.848. The van der Waals surface area contributed by atoms with Crippen molar-refractivity contribution < 1.29 is 4.74 Å². The van der Waals surface area contributed by atoms with Gasteiger partial charge in [0.25, 0.3) is 0 Å². The van der Waals surface area contributed by atoms with E-state index >= 15 is 0 Å². The SMILES string of the molecule is CCC(CN=C(N)N1CCSCC1)Oc1ccccc1Cl. The molecule has 0 aromatic heterocycles. The maximum atomic E-state index is 6.11. The van der Waals surface area contributed by atoms with Crippen molar-refractivity contribution in [3.8, 4) is 5.75 Å². The molecule has 2 N–H and O–H groups in total. The van der Waals surface area contributed by atoms with Gasteiger partial charge in [-0.15, -0.1) is 0 Å². The predicted octanol–water partition coefficient (Wildman–Crippen LogP) is 2.86. The molecule has 0 radical (unpaired) electrons. The molecule has 2 rings (SSSR count). The molecule has 4 nitrogen and oxygen atoms in total. The number of nitrogens with zero attached hydrogens (tertiary/aromatic N) is 2. The minimum absolute atomic E-state index is 0.0115. The highest BCUT2D eigenvalue weighted by molar-refractivity contribution is 7.99. The largest absolute Gasteiger partial charge is 0.487 e. The van der Waals surface area contributed by atoms with E-state index in [1.54, 1.807) is 0 Å². The van der Waals surface area contributed by atoms with Crippen molar-refractivity contribution in [3.05, 3.63) is 29.3 Å². The number of hydrogen-bond donors (Lipinski definition) is 1. The molecule has 0 spiro atoms. The lowest BCUT2D eigenvalue weighted by atomic mass is 10.2. The van der Waals surface area contributed by atoms with E-state index in [0.717, 1.165) is 31.0 Å². The zero-order valence-corrected chi connectivity index (χ0v) is 13.9. The van der Waals surface area contributed by atoms with E-state index < -0.39 is 0 Å². The molecule has 1 fully saturated rings. The number of guanidine groups is 1. The van der Waals surface area contributed by atoms with Crippen molar-refractivity contribution in [2.24, 2.45) is 10.7 Å². The lowest BCUT2D eigenvalue weighted by Crippen LogP contribution is -2.43. The summed E-state index contributed by atoms with van der Waals surface area (Å²) in [7, 11) is 0. The molecule has 21 heavy (non-hydrogen) atoms. The molecule has 1 heterocycles. The molecule has 1 aliphatic heterocycles. The van der Waals surface area contributed by atoms with Crippen LogP contribution in [0, 0.1) is 0 Å². The Labute approximate surface area is 135 Å². The summed E-state index contributed by atoms with van der Waals surface area (Å²) in [5, 5.41) is 0.626. The van der Waals surface area contributed by atoms with E-state index in [-0.39, 0.29) is 6.10 Å². The van der Waals surface area contributed by atoms with Gasteiger partial charge in [0.2, 0.25) is 0 Å². The van der Waals surface area contributed by atoms with Crippen molar-refractivity contribution in [2.45, 2.75) is 19.4 Å². The highest BCUT2D eigenvalue weighted by Crippen LogP contribution is 2.24. The van der Waals surface area contributed by atoms with Gasteiger partial charge >= 0.3 is 0 Å². The molecular formula is C15H22ClN3OS. The summed E-state index contributed by atoms with van der Waals surface area (Å²) in [6.45, 7) is 4.58. The van der Waals surface area contributed by atoms with Gasteiger partial charge in [-0.1, -0.05) is 30.7 Å². The van der Waals surface area contributed by atoms with E-state index in [0.29, 0.717) is 23.3 Å². The van der Waals surface area contributed by atoms with Crippen molar-refractivity contribution in [3.63, 3.8) is 0 Å². The maximum absolute atomic E-state index is 6.11. The maximum Gasteiger partial charge on any atom is 0.191 e. The Kier molecular flexibility index (Phi) is 6.51.